The molecule has 0 aromatic heterocycles. The van der Waals surface area contributed by atoms with Crippen LogP contribution in [0.15, 0.2) is 24.3 Å². The van der Waals surface area contributed by atoms with Crippen LogP contribution in [0.3, 0.4) is 0 Å². The van der Waals surface area contributed by atoms with Gasteiger partial charge in [0, 0.05) is 38.6 Å². The minimum absolute atomic E-state index is 0.0533. The summed E-state index contributed by atoms with van der Waals surface area (Å²) in [7, 11) is 0. The van der Waals surface area contributed by atoms with Gasteiger partial charge in [0.25, 0.3) is 0 Å². The molecule has 5 heteroatoms. The van der Waals surface area contributed by atoms with Gasteiger partial charge < -0.3 is 15.1 Å². The van der Waals surface area contributed by atoms with Crippen LogP contribution in [0.25, 0.3) is 0 Å². The second-order valence-corrected chi connectivity index (χ2v) is 7.56. The van der Waals surface area contributed by atoms with Crippen LogP contribution in [0.5, 0.6) is 0 Å². The van der Waals surface area contributed by atoms with E-state index >= 15 is 0 Å². The van der Waals surface area contributed by atoms with Gasteiger partial charge in [-0.3, -0.25) is 4.79 Å². The van der Waals surface area contributed by atoms with Gasteiger partial charge in [-0.1, -0.05) is 24.3 Å². The Labute approximate surface area is 149 Å². The molecule has 2 fully saturated rings. The van der Waals surface area contributed by atoms with Crippen molar-refractivity contribution in [1.29, 1.82) is 0 Å². The predicted molar refractivity (Wildman–Crippen MR) is 96.0 cm³/mol. The van der Waals surface area contributed by atoms with Crippen LogP contribution in [0.4, 0.5) is 4.79 Å². The maximum Gasteiger partial charge on any atom is 0.317 e. The highest BCUT2D eigenvalue weighted by molar-refractivity contribution is 5.79. The normalized spacial score (nSPS) is 22.6. The van der Waals surface area contributed by atoms with E-state index in [4.69, 9.17) is 0 Å². The molecule has 1 saturated heterocycles. The second-order valence-electron chi connectivity index (χ2n) is 7.56. The van der Waals surface area contributed by atoms with Crippen molar-refractivity contribution >= 4 is 11.9 Å². The highest BCUT2D eigenvalue weighted by Crippen LogP contribution is 2.40. The van der Waals surface area contributed by atoms with Gasteiger partial charge in [0.15, 0.2) is 0 Å². The molecule has 3 amide bonds. The Balaban J connectivity index is 1.23. The minimum atomic E-state index is -0.0533. The summed E-state index contributed by atoms with van der Waals surface area (Å²) in [6.07, 6.45) is 6.17. The summed E-state index contributed by atoms with van der Waals surface area (Å²) in [5.74, 6) is 0.952. The van der Waals surface area contributed by atoms with E-state index in [1.54, 1.807) is 0 Å². The van der Waals surface area contributed by atoms with Gasteiger partial charge in [0.1, 0.15) is 0 Å². The topological polar surface area (TPSA) is 52.7 Å². The Hall–Kier alpha value is -2.04. The summed E-state index contributed by atoms with van der Waals surface area (Å²) in [5.41, 5.74) is 2.56. The monoisotopic (exact) mass is 341 g/mol. The Morgan fingerprint density at radius 1 is 1.08 bits per heavy atom. The van der Waals surface area contributed by atoms with Crippen LogP contribution < -0.4 is 5.32 Å². The van der Waals surface area contributed by atoms with Crippen LogP contribution in [0.2, 0.25) is 0 Å². The SMILES string of the molecule is O=C(NCCC(=O)N1CCCC1C1CC1)N1CCc2ccccc2C1. The third-order valence-corrected chi connectivity index (χ3v) is 5.82. The van der Waals surface area contributed by atoms with Crippen LogP contribution in [0.1, 0.15) is 43.2 Å². The van der Waals surface area contributed by atoms with E-state index in [1.807, 2.05) is 17.0 Å². The van der Waals surface area contributed by atoms with Crippen molar-refractivity contribution in [1.82, 2.24) is 15.1 Å². The van der Waals surface area contributed by atoms with Crippen molar-refractivity contribution in [2.24, 2.45) is 5.92 Å². The summed E-state index contributed by atoms with van der Waals surface area (Å²) in [6.45, 7) is 2.74. The average molecular weight is 341 g/mol. The lowest BCUT2D eigenvalue weighted by atomic mass is 10.0. The number of benzene rings is 1. The fraction of sp³-hybridized carbons (Fsp3) is 0.600. The highest BCUT2D eigenvalue weighted by atomic mass is 16.2. The number of urea groups is 1. The molecular weight excluding hydrogens is 314 g/mol. The summed E-state index contributed by atoms with van der Waals surface area (Å²) < 4.78 is 0. The van der Waals surface area contributed by atoms with Crippen molar-refractivity contribution in [3.05, 3.63) is 35.4 Å². The summed E-state index contributed by atoms with van der Waals surface area (Å²) >= 11 is 0. The summed E-state index contributed by atoms with van der Waals surface area (Å²) in [4.78, 5) is 28.8. The Morgan fingerprint density at radius 3 is 2.68 bits per heavy atom. The fourth-order valence-corrected chi connectivity index (χ4v) is 4.27. The van der Waals surface area contributed by atoms with Crippen LogP contribution in [-0.4, -0.2) is 47.4 Å². The number of rotatable bonds is 4. The molecule has 0 radical (unpaired) electrons. The molecule has 2 heterocycles. The van der Waals surface area contributed by atoms with Crippen molar-refractivity contribution < 1.29 is 9.59 Å². The van der Waals surface area contributed by atoms with E-state index in [9.17, 15) is 9.59 Å². The standard InChI is InChI=1S/C20H27N3O2/c24-19(23-12-3-6-18(23)16-7-8-16)9-11-21-20(25)22-13-10-15-4-1-2-5-17(15)14-22/h1-2,4-5,16,18H,3,6-14H2,(H,21,25). The highest BCUT2D eigenvalue weighted by Gasteiger charge is 2.39. The Kier molecular flexibility index (Phi) is 4.64. The predicted octanol–water partition coefficient (Wildman–Crippen LogP) is 2.55. The zero-order valence-corrected chi connectivity index (χ0v) is 14.7. The van der Waals surface area contributed by atoms with Crippen LogP contribution >= 0.6 is 0 Å². The van der Waals surface area contributed by atoms with Gasteiger partial charge in [-0.2, -0.15) is 0 Å². The van der Waals surface area contributed by atoms with E-state index in [1.165, 1.54) is 24.0 Å². The van der Waals surface area contributed by atoms with Gasteiger partial charge in [-0.15, -0.1) is 0 Å². The fourth-order valence-electron chi connectivity index (χ4n) is 4.27. The lowest BCUT2D eigenvalue weighted by Crippen LogP contribution is -2.44. The molecule has 134 valence electrons. The third-order valence-electron chi connectivity index (χ3n) is 5.82. The summed E-state index contributed by atoms with van der Waals surface area (Å²) in [6, 6.07) is 8.71. The second kappa shape index (κ2) is 7.06. The van der Waals surface area contributed by atoms with Crippen molar-refractivity contribution in [3.63, 3.8) is 0 Å². The molecule has 1 saturated carbocycles. The quantitative estimate of drug-likeness (QED) is 0.915. The summed E-state index contributed by atoms with van der Waals surface area (Å²) in [5, 5.41) is 2.94. The first-order valence-electron chi connectivity index (χ1n) is 9.61. The van der Waals surface area contributed by atoms with Gasteiger partial charge in [-0.05, 0) is 49.1 Å². The number of carbonyl (C=O) groups excluding carboxylic acids is 2. The number of nitrogens with one attached hydrogen (secondary N) is 1. The lowest BCUT2D eigenvalue weighted by Gasteiger charge is -2.29. The smallest absolute Gasteiger partial charge is 0.317 e. The van der Waals surface area contributed by atoms with Gasteiger partial charge in [-0.25, -0.2) is 4.79 Å². The Bertz CT molecular complexity index is 656. The maximum atomic E-state index is 12.5. The van der Waals surface area contributed by atoms with Crippen molar-refractivity contribution in [3.8, 4) is 0 Å². The molecule has 1 aliphatic carbocycles. The zero-order chi connectivity index (χ0) is 17.2. The van der Waals surface area contributed by atoms with E-state index in [2.05, 4.69) is 22.3 Å². The molecule has 1 aromatic carbocycles. The van der Waals surface area contributed by atoms with Gasteiger partial charge in [0.05, 0.1) is 0 Å². The first-order chi connectivity index (χ1) is 12.2. The molecular formula is C20H27N3O2. The third kappa shape index (κ3) is 3.65. The number of hydrogen-bond acceptors (Lipinski definition) is 2. The van der Waals surface area contributed by atoms with Crippen LogP contribution in [0, 0.1) is 5.92 Å². The van der Waals surface area contributed by atoms with Crippen LogP contribution in [-0.2, 0) is 17.8 Å². The molecule has 1 unspecified atom stereocenters. The number of likely N-dealkylation sites (tertiary alicyclic amines) is 1. The molecule has 5 nitrogen and oxygen atoms in total. The maximum absolute atomic E-state index is 12.5. The first-order valence-corrected chi connectivity index (χ1v) is 9.61. The van der Waals surface area contributed by atoms with Gasteiger partial charge >= 0.3 is 6.03 Å². The molecule has 3 aliphatic rings. The molecule has 0 spiro atoms. The number of amides is 3. The largest absolute Gasteiger partial charge is 0.339 e. The number of nitrogens with zero attached hydrogens (tertiary/aromatic N) is 2. The zero-order valence-electron chi connectivity index (χ0n) is 14.7. The molecule has 1 atom stereocenters. The minimum Gasteiger partial charge on any atom is -0.339 e. The first kappa shape index (κ1) is 16.4. The number of hydrogen-bond donors (Lipinski definition) is 1. The van der Waals surface area contributed by atoms with Crippen molar-refractivity contribution in [2.75, 3.05) is 19.6 Å². The molecule has 1 aromatic rings. The number of carbonyl (C=O) groups is 2. The van der Waals surface area contributed by atoms with E-state index in [0.29, 0.717) is 25.6 Å². The Morgan fingerprint density at radius 2 is 1.88 bits per heavy atom. The average Bonchev–Trinajstić information content (AvgIpc) is 3.37. The van der Waals surface area contributed by atoms with Crippen molar-refractivity contribution in [2.45, 2.75) is 51.1 Å². The van der Waals surface area contributed by atoms with E-state index < -0.39 is 0 Å². The molecule has 2 aliphatic heterocycles. The van der Waals surface area contributed by atoms with Gasteiger partial charge in [0.2, 0.25) is 5.91 Å². The molecule has 25 heavy (non-hydrogen) atoms. The molecule has 0 bridgehead atoms. The van der Waals surface area contributed by atoms with E-state index in [0.717, 1.165) is 38.3 Å². The molecule has 4 rings (SSSR count). The lowest BCUT2D eigenvalue weighted by molar-refractivity contribution is -0.132. The number of fused-ring (bicyclic) bond motifs is 1. The molecule has 1 N–H and O–H groups in total. The van der Waals surface area contributed by atoms with E-state index in [-0.39, 0.29) is 11.9 Å².